The number of rotatable bonds is 8. The van der Waals surface area contributed by atoms with Crippen molar-refractivity contribution in [3.63, 3.8) is 0 Å². The Kier molecular flexibility index (Phi) is 6.81. The van der Waals surface area contributed by atoms with Crippen molar-refractivity contribution in [2.24, 2.45) is 5.73 Å². The maximum atomic E-state index is 12.1. The van der Waals surface area contributed by atoms with Gasteiger partial charge in [0.1, 0.15) is 0 Å². The van der Waals surface area contributed by atoms with E-state index in [1.165, 1.54) is 21.3 Å². The summed E-state index contributed by atoms with van der Waals surface area (Å²) < 4.78 is 15.7. The van der Waals surface area contributed by atoms with Crippen LogP contribution in [0.2, 0.25) is 0 Å². The molecule has 0 heterocycles. The number of ether oxygens (including phenoxy) is 3. The Morgan fingerprint density at radius 3 is 2.19 bits per heavy atom. The average Bonchev–Trinajstić information content (AvgIpc) is 2.49. The zero-order valence-corrected chi connectivity index (χ0v) is 13.1. The minimum atomic E-state index is -0.182. The van der Waals surface area contributed by atoms with Crippen molar-refractivity contribution in [2.75, 3.05) is 27.9 Å². The van der Waals surface area contributed by atoms with E-state index in [-0.39, 0.29) is 11.9 Å². The lowest BCUT2D eigenvalue weighted by molar-refractivity contribution is 0.0952. The Morgan fingerprint density at radius 2 is 1.76 bits per heavy atom. The Hall–Kier alpha value is -1.95. The molecule has 21 heavy (non-hydrogen) atoms. The minimum Gasteiger partial charge on any atom is -0.493 e. The summed E-state index contributed by atoms with van der Waals surface area (Å²) in [5.41, 5.74) is 6.13. The van der Waals surface area contributed by atoms with E-state index in [1.807, 2.05) is 6.92 Å². The molecule has 6 heteroatoms. The van der Waals surface area contributed by atoms with Gasteiger partial charge in [-0.1, -0.05) is 0 Å². The van der Waals surface area contributed by atoms with E-state index in [9.17, 15) is 4.79 Å². The van der Waals surface area contributed by atoms with Crippen LogP contribution in [0.3, 0.4) is 0 Å². The molecular weight excluding hydrogens is 272 g/mol. The van der Waals surface area contributed by atoms with E-state index in [2.05, 4.69) is 5.32 Å². The smallest absolute Gasteiger partial charge is 0.251 e. The summed E-state index contributed by atoms with van der Waals surface area (Å²) in [4.78, 5) is 12.1. The van der Waals surface area contributed by atoms with Crippen LogP contribution < -0.4 is 25.3 Å². The topological polar surface area (TPSA) is 82.8 Å². The molecule has 0 aromatic heterocycles. The van der Waals surface area contributed by atoms with Gasteiger partial charge in [0.15, 0.2) is 11.5 Å². The van der Waals surface area contributed by atoms with Crippen molar-refractivity contribution in [3.8, 4) is 17.2 Å². The fraction of sp³-hybridized carbons (Fsp3) is 0.533. The van der Waals surface area contributed by atoms with E-state index in [1.54, 1.807) is 12.1 Å². The van der Waals surface area contributed by atoms with Gasteiger partial charge in [0, 0.05) is 18.2 Å². The number of nitrogens with two attached hydrogens (primary N) is 1. The van der Waals surface area contributed by atoms with Crippen molar-refractivity contribution in [1.82, 2.24) is 5.32 Å². The Morgan fingerprint density at radius 1 is 1.19 bits per heavy atom. The highest BCUT2D eigenvalue weighted by molar-refractivity contribution is 5.95. The highest BCUT2D eigenvalue weighted by Crippen LogP contribution is 2.38. The zero-order chi connectivity index (χ0) is 15.8. The van der Waals surface area contributed by atoms with Crippen molar-refractivity contribution < 1.29 is 19.0 Å². The number of hydrogen-bond acceptors (Lipinski definition) is 5. The lowest BCUT2D eigenvalue weighted by Gasteiger charge is -2.14. The molecule has 1 aromatic rings. The molecule has 0 saturated carbocycles. The van der Waals surface area contributed by atoms with Gasteiger partial charge in [-0.05, 0) is 31.9 Å². The van der Waals surface area contributed by atoms with Crippen LogP contribution in [-0.4, -0.2) is 39.8 Å². The standard InChI is InChI=1S/C15H24N2O4/c1-10(16)6-5-7-17-15(18)11-8-12(19-2)14(21-4)13(9-11)20-3/h8-10H,5-7,16H2,1-4H3,(H,17,18). The van der Waals surface area contributed by atoms with Crippen LogP contribution in [0.4, 0.5) is 0 Å². The van der Waals surface area contributed by atoms with E-state index >= 15 is 0 Å². The third-order valence-electron chi connectivity index (χ3n) is 3.05. The SMILES string of the molecule is COc1cc(C(=O)NCCCC(C)N)cc(OC)c1OC. The molecule has 1 atom stereocenters. The molecule has 0 saturated heterocycles. The third kappa shape index (κ3) is 4.82. The summed E-state index contributed by atoms with van der Waals surface area (Å²) in [7, 11) is 4.55. The molecule has 1 amide bonds. The summed E-state index contributed by atoms with van der Waals surface area (Å²) in [5.74, 6) is 1.20. The molecule has 0 bridgehead atoms. The van der Waals surface area contributed by atoms with Crippen LogP contribution in [0.15, 0.2) is 12.1 Å². The van der Waals surface area contributed by atoms with Gasteiger partial charge in [0.05, 0.1) is 21.3 Å². The molecule has 3 N–H and O–H groups in total. The lowest BCUT2D eigenvalue weighted by atomic mass is 10.1. The molecule has 0 fully saturated rings. The van der Waals surface area contributed by atoms with E-state index < -0.39 is 0 Å². The summed E-state index contributed by atoms with van der Waals surface area (Å²) in [5, 5.41) is 2.85. The molecule has 0 aliphatic carbocycles. The van der Waals surface area contributed by atoms with E-state index in [4.69, 9.17) is 19.9 Å². The first kappa shape index (κ1) is 17.1. The summed E-state index contributed by atoms with van der Waals surface area (Å²) in [6.07, 6.45) is 1.71. The Labute approximate surface area is 125 Å². The monoisotopic (exact) mass is 296 g/mol. The molecule has 0 spiro atoms. The number of benzene rings is 1. The van der Waals surface area contributed by atoms with Gasteiger partial charge < -0.3 is 25.3 Å². The van der Waals surface area contributed by atoms with Gasteiger partial charge in [-0.3, -0.25) is 4.79 Å². The second-order valence-corrected chi connectivity index (χ2v) is 4.79. The van der Waals surface area contributed by atoms with Gasteiger partial charge >= 0.3 is 0 Å². The summed E-state index contributed by atoms with van der Waals surface area (Å²) in [6.45, 7) is 2.53. The average molecular weight is 296 g/mol. The molecule has 1 aromatic carbocycles. The van der Waals surface area contributed by atoms with Crippen molar-refractivity contribution in [3.05, 3.63) is 17.7 Å². The molecule has 0 radical (unpaired) electrons. The fourth-order valence-electron chi connectivity index (χ4n) is 1.94. The minimum absolute atomic E-state index is 0.142. The molecule has 118 valence electrons. The first-order valence-electron chi connectivity index (χ1n) is 6.87. The van der Waals surface area contributed by atoms with E-state index in [0.717, 1.165) is 12.8 Å². The molecule has 0 aliphatic rings. The Balaban J connectivity index is 2.80. The summed E-state index contributed by atoms with van der Waals surface area (Å²) in [6, 6.07) is 3.40. The number of methoxy groups -OCH3 is 3. The van der Waals surface area contributed by atoms with Crippen molar-refractivity contribution in [2.45, 2.75) is 25.8 Å². The zero-order valence-electron chi connectivity index (χ0n) is 13.1. The quantitative estimate of drug-likeness (QED) is 0.712. The van der Waals surface area contributed by atoms with Gasteiger partial charge in [-0.2, -0.15) is 0 Å². The number of carbonyl (C=O) groups is 1. The van der Waals surface area contributed by atoms with Gasteiger partial charge in [-0.25, -0.2) is 0 Å². The maximum Gasteiger partial charge on any atom is 0.251 e. The van der Waals surface area contributed by atoms with Gasteiger partial charge in [-0.15, -0.1) is 0 Å². The fourth-order valence-corrected chi connectivity index (χ4v) is 1.94. The highest BCUT2D eigenvalue weighted by Gasteiger charge is 2.16. The highest BCUT2D eigenvalue weighted by atomic mass is 16.5. The second-order valence-electron chi connectivity index (χ2n) is 4.79. The normalized spacial score (nSPS) is 11.7. The molecule has 6 nitrogen and oxygen atoms in total. The van der Waals surface area contributed by atoms with E-state index in [0.29, 0.717) is 29.4 Å². The second kappa shape index (κ2) is 8.36. The summed E-state index contributed by atoms with van der Waals surface area (Å²) >= 11 is 0. The molecule has 1 rings (SSSR count). The number of amides is 1. The van der Waals surface area contributed by atoms with Crippen LogP contribution in [0.25, 0.3) is 0 Å². The first-order chi connectivity index (χ1) is 10.0. The number of hydrogen-bond donors (Lipinski definition) is 2. The third-order valence-corrected chi connectivity index (χ3v) is 3.05. The number of carbonyl (C=O) groups excluding carboxylic acids is 1. The molecule has 1 unspecified atom stereocenters. The Bertz CT molecular complexity index is 450. The molecular formula is C15H24N2O4. The van der Waals surface area contributed by atoms with Gasteiger partial charge in [0.2, 0.25) is 5.75 Å². The predicted octanol–water partition coefficient (Wildman–Crippen LogP) is 1.57. The number of nitrogens with one attached hydrogen (secondary N) is 1. The maximum absolute atomic E-state index is 12.1. The van der Waals surface area contributed by atoms with Crippen LogP contribution in [0.1, 0.15) is 30.1 Å². The lowest BCUT2D eigenvalue weighted by Crippen LogP contribution is -2.26. The van der Waals surface area contributed by atoms with Crippen LogP contribution in [0.5, 0.6) is 17.2 Å². The predicted molar refractivity (Wildman–Crippen MR) is 81.3 cm³/mol. The first-order valence-corrected chi connectivity index (χ1v) is 6.87. The van der Waals surface area contributed by atoms with Crippen LogP contribution in [-0.2, 0) is 0 Å². The largest absolute Gasteiger partial charge is 0.493 e. The van der Waals surface area contributed by atoms with Crippen LogP contribution in [0, 0.1) is 0 Å². The van der Waals surface area contributed by atoms with Crippen molar-refractivity contribution >= 4 is 5.91 Å². The molecule has 0 aliphatic heterocycles. The van der Waals surface area contributed by atoms with Gasteiger partial charge in [0.25, 0.3) is 5.91 Å². The van der Waals surface area contributed by atoms with Crippen LogP contribution >= 0.6 is 0 Å². The van der Waals surface area contributed by atoms with Crippen molar-refractivity contribution in [1.29, 1.82) is 0 Å².